The van der Waals surface area contributed by atoms with E-state index in [4.69, 9.17) is 10.5 Å². The van der Waals surface area contributed by atoms with Crippen LogP contribution in [0.2, 0.25) is 0 Å². The highest BCUT2D eigenvalue weighted by atomic mass is 16.5. The molecule has 0 saturated heterocycles. The lowest BCUT2D eigenvalue weighted by Crippen LogP contribution is -2.11. The van der Waals surface area contributed by atoms with Gasteiger partial charge in [0.05, 0.1) is 7.11 Å². The zero-order valence-corrected chi connectivity index (χ0v) is 12.0. The Bertz CT molecular complexity index is 669. The first-order valence-electron chi connectivity index (χ1n) is 6.51. The fourth-order valence-corrected chi connectivity index (χ4v) is 2.06. The van der Waals surface area contributed by atoms with Crippen LogP contribution < -0.4 is 15.8 Å². The molecule has 0 saturated carbocycles. The summed E-state index contributed by atoms with van der Waals surface area (Å²) in [6.07, 6.45) is 0. The molecule has 2 aromatic rings. The van der Waals surface area contributed by atoms with Crippen LogP contribution >= 0.6 is 0 Å². The normalized spacial score (nSPS) is 10.2. The molecule has 0 bridgehead atoms. The number of amides is 1. The molecule has 0 aliphatic carbocycles. The quantitative estimate of drug-likeness (QED) is 0.788. The molecule has 0 unspecified atom stereocenters. The standard InChI is InChI=1S/C16H18N2O3/c1-10-7-12(16(17)20)4-5-13(10)18-9-11-3-6-15(21-2)14(19)8-11/h3-8,18-19H,9H2,1-2H3,(H2,17,20). The van der Waals surface area contributed by atoms with E-state index >= 15 is 0 Å². The summed E-state index contributed by atoms with van der Waals surface area (Å²) >= 11 is 0. The van der Waals surface area contributed by atoms with Gasteiger partial charge in [0.15, 0.2) is 11.5 Å². The molecule has 0 heterocycles. The van der Waals surface area contributed by atoms with E-state index in [1.54, 1.807) is 24.3 Å². The number of phenolic OH excluding ortho intramolecular Hbond substituents is 1. The number of aryl methyl sites for hydroxylation is 1. The number of benzene rings is 2. The molecule has 2 aromatic carbocycles. The minimum atomic E-state index is -0.440. The Morgan fingerprint density at radius 2 is 2.05 bits per heavy atom. The number of aromatic hydroxyl groups is 1. The van der Waals surface area contributed by atoms with Crippen LogP contribution in [0.1, 0.15) is 21.5 Å². The van der Waals surface area contributed by atoms with Gasteiger partial charge in [-0.15, -0.1) is 0 Å². The topological polar surface area (TPSA) is 84.6 Å². The lowest BCUT2D eigenvalue weighted by molar-refractivity contribution is 0.1000. The molecule has 0 spiro atoms. The summed E-state index contributed by atoms with van der Waals surface area (Å²) in [6.45, 7) is 2.45. The fourth-order valence-electron chi connectivity index (χ4n) is 2.06. The maximum Gasteiger partial charge on any atom is 0.248 e. The summed E-state index contributed by atoms with van der Waals surface area (Å²) in [5.74, 6) is 0.114. The molecule has 21 heavy (non-hydrogen) atoms. The molecule has 0 aliphatic heterocycles. The van der Waals surface area contributed by atoms with Crippen LogP contribution in [0.4, 0.5) is 5.69 Å². The molecular weight excluding hydrogens is 268 g/mol. The number of rotatable bonds is 5. The van der Waals surface area contributed by atoms with Crippen molar-refractivity contribution in [1.29, 1.82) is 0 Å². The Balaban J connectivity index is 2.09. The largest absolute Gasteiger partial charge is 0.504 e. The van der Waals surface area contributed by atoms with Gasteiger partial charge in [0.25, 0.3) is 0 Å². The molecule has 0 aromatic heterocycles. The van der Waals surface area contributed by atoms with Crippen molar-refractivity contribution in [3.05, 3.63) is 53.1 Å². The Morgan fingerprint density at radius 3 is 2.62 bits per heavy atom. The smallest absolute Gasteiger partial charge is 0.248 e. The van der Waals surface area contributed by atoms with Crippen molar-refractivity contribution < 1.29 is 14.6 Å². The van der Waals surface area contributed by atoms with E-state index in [0.29, 0.717) is 17.9 Å². The van der Waals surface area contributed by atoms with Gasteiger partial charge in [-0.2, -0.15) is 0 Å². The van der Waals surface area contributed by atoms with E-state index in [1.807, 2.05) is 19.1 Å². The first-order chi connectivity index (χ1) is 10.0. The zero-order chi connectivity index (χ0) is 15.4. The summed E-state index contributed by atoms with van der Waals surface area (Å²) < 4.78 is 5.00. The molecule has 0 aliphatic rings. The number of carbonyl (C=O) groups excluding carboxylic acids is 1. The van der Waals surface area contributed by atoms with E-state index in [9.17, 15) is 9.90 Å². The average molecular weight is 286 g/mol. The van der Waals surface area contributed by atoms with Gasteiger partial charge in [0.1, 0.15) is 0 Å². The second-order valence-corrected chi connectivity index (χ2v) is 4.75. The predicted octanol–water partition coefficient (Wildman–Crippen LogP) is 2.42. The van der Waals surface area contributed by atoms with Crippen molar-refractivity contribution in [1.82, 2.24) is 0 Å². The Labute approximate surface area is 123 Å². The van der Waals surface area contributed by atoms with Crippen LogP contribution in [0.25, 0.3) is 0 Å². The van der Waals surface area contributed by atoms with Gasteiger partial charge in [0.2, 0.25) is 5.91 Å². The van der Waals surface area contributed by atoms with E-state index in [1.165, 1.54) is 7.11 Å². The third-order valence-electron chi connectivity index (χ3n) is 3.24. The number of phenols is 1. The number of hydrogen-bond acceptors (Lipinski definition) is 4. The monoisotopic (exact) mass is 286 g/mol. The number of nitrogens with two attached hydrogens (primary N) is 1. The van der Waals surface area contributed by atoms with Gasteiger partial charge in [-0.1, -0.05) is 6.07 Å². The Hall–Kier alpha value is -2.69. The lowest BCUT2D eigenvalue weighted by atomic mass is 10.1. The first kappa shape index (κ1) is 14.7. The van der Waals surface area contributed by atoms with Gasteiger partial charge in [-0.05, 0) is 48.4 Å². The minimum absolute atomic E-state index is 0.109. The van der Waals surface area contributed by atoms with Crippen molar-refractivity contribution in [3.63, 3.8) is 0 Å². The molecule has 5 heteroatoms. The number of carbonyl (C=O) groups is 1. The Morgan fingerprint density at radius 1 is 1.29 bits per heavy atom. The number of methoxy groups -OCH3 is 1. The zero-order valence-electron chi connectivity index (χ0n) is 12.0. The summed E-state index contributed by atoms with van der Waals surface area (Å²) in [6, 6.07) is 10.5. The molecule has 1 amide bonds. The van der Waals surface area contributed by atoms with Crippen molar-refractivity contribution in [3.8, 4) is 11.5 Å². The predicted molar refractivity (Wildman–Crippen MR) is 81.7 cm³/mol. The molecular formula is C16H18N2O3. The highest BCUT2D eigenvalue weighted by Crippen LogP contribution is 2.26. The van der Waals surface area contributed by atoms with E-state index in [-0.39, 0.29) is 5.75 Å². The van der Waals surface area contributed by atoms with Gasteiger partial charge >= 0.3 is 0 Å². The van der Waals surface area contributed by atoms with Crippen LogP contribution in [0.3, 0.4) is 0 Å². The van der Waals surface area contributed by atoms with Crippen LogP contribution in [-0.4, -0.2) is 18.1 Å². The van der Waals surface area contributed by atoms with Crippen molar-refractivity contribution in [2.24, 2.45) is 5.73 Å². The van der Waals surface area contributed by atoms with Crippen molar-refractivity contribution >= 4 is 11.6 Å². The van der Waals surface area contributed by atoms with Gasteiger partial charge in [-0.3, -0.25) is 4.79 Å². The minimum Gasteiger partial charge on any atom is -0.504 e. The number of primary amides is 1. The molecule has 2 rings (SSSR count). The lowest BCUT2D eigenvalue weighted by Gasteiger charge is -2.11. The van der Waals surface area contributed by atoms with Crippen LogP contribution in [0.5, 0.6) is 11.5 Å². The van der Waals surface area contributed by atoms with Crippen molar-refractivity contribution in [2.45, 2.75) is 13.5 Å². The highest BCUT2D eigenvalue weighted by molar-refractivity contribution is 5.93. The number of hydrogen-bond donors (Lipinski definition) is 3. The van der Waals surface area contributed by atoms with E-state index in [2.05, 4.69) is 5.32 Å². The SMILES string of the molecule is COc1ccc(CNc2ccc(C(N)=O)cc2C)cc1O. The fraction of sp³-hybridized carbons (Fsp3) is 0.188. The van der Waals surface area contributed by atoms with Gasteiger partial charge < -0.3 is 20.9 Å². The third kappa shape index (κ3) is 3.45. The van der Waals surface area contributed by atoms with Crippen molar-refractivity contribution in [2.75, 3.05) is 12.4 Å². The molecule has 0 radical (unpaired) electrons. The molecule has 0 fully saturated rings. The molecule has 4 N–H and O–H groups in total. The molecule has 5 nitrogen and oxygen atoms in total. The van der Waals surface area contributed by atoms with E-state index in [0.717, 1.165) is 16.8 Å². The van der Waals surface area contributed by atoms with Crippen LogP contribution in [0, 0.1) is 6.92 Å². The summed E-state index contributed by atoms with van der Waals surface area (Å²) in [5, 5.41) is 13.0. The van der Waals surface area contributed by atoms with Gasteiger partial charge in [0, 0.05) is 17.8 Å². The molecule has 110 valence electrons. The Kier molecular flexibility index (Phi) is 4.33. The van der Waals surface area contributed by atoms with Crippen LogP contribution in [0.15, 0.2) is 36.4 Å². The summed E-state index contributed by atoms with van der Waals surface area (Å²) in [7, 11) is 1.51. The number of anilines is 1. The highest BCUT2D eigenvalue weighted by Gasteiger charge is 2.05. The summed E-state index contributed by atoms with van der Waals surface area (Å²) in [5.41, 5.74) is 8.50. The third-order valence-corrected chi connectivity index (χ3v) is 3.24. The second-order valence-electron chi connectivity index (χ2n) is 4.75. The van der Waals surface area contributed by atoms with Gasteiger partial charge in [-0.25, -0.2) is 0 Å². The number of nitrogens with one attached hydrogen (secondary N) is 1. The maximum absolute atomic E-state index is 11.1. The number of ether oxygens (including phenoxy) is 1. The summed E-state index contributed by atoms with van der Waals surface area (Å²) in [4.78, 5) is 11.1. The van der Waals surface area contributed by atoms with Crippen LogP contribution in [-0.2, 0) is 6.54 Å². The second kappa shape index (κ2) is 6.17. The first-order valence-corrected chi connectivity index (χ1v) is 6.51. The maximum atomic E-state index is 11.1. The van der Waals surface area contributed by atoms with E-state index < -0.39 is 5.91 Å². The average Bonchev–Trinajstić information content (AvgIpc) is 2.46. The molecule has 0 atom stereocenters.